The van der Waals surface area contributed by atoms with Gasteiger partial charge in [-0.1, -0.05) is 17.7 Å². The van der Waals surface area contributed by atoms with E-state index in [0.717, 1.165) is 17.8 Å². The maximum atomic E-state index is 12.8. The number of aromatic nitrogens is 1. The third-order valence-electron chi connectivity index (χ3n) is 4.51. The fourth-order valence-electron chi connectivity index (χ4n) is 2.96. The van der Waals surface area contributed by atoms with E-state index in [4.69, 9.17) is 0 Å². The average molecular weight is 399 g/mol. The Bertz CT molecular complexity index is 882. The largest absolute Gasteiger partial charge is 0.417 e. The minimum Gasteiger partial charge on any atom is -0.355 e. The zero-order chi connectivity index (χ0) is 19.7. The van der Waals surface area contributed by atoms with Gasteiger partial charge in [-0.3, -0.25) is 0 Å². The molecule has 9 heteroatoms. The van der Waals surface area contributed by atoms with Crippen LogP contribution in [0.5, 0.6) is 0 Å². The van der Waals surface area contributed by atoms with E-state index in [1.807, 2.05) is 11.8 Å². The molecule has 1 aromatic heterocycles. The lowest BCUT2D eigenvalue weighted by Crippen LogP contribution is -2.35. The molecule has 0 N–H and O–H groups in total. The molecule has 1 saturated heterocycles. The molecule has 1 aliphatic heterocycles. The molecule has 146 valence electrons. The van der Waals surface area contributed by atoms with Crippen molar-refractivity contribution in [2.45, 2.75) is 24.4 Å². The first kappa shape index (κ1) is 19.6. The monoisotopic (exact) mass is 399 g/mol. The average Bonchev–Trinajstić information content (AvgIpc) is 2.88. The lowest BCUT2D eigenvalue weighted by molar-refractivity contribution is -0.137. The van der Waals surface area contributed by atoms with Gasteiger partial charge in [0.05, 0.1) is 10.5 Å². The summed E-state index contributed by atoms with van der Waals surface area (Å²) >= 11 is 0. The van der Waals surface area contributed by atoms with Crippen molar-refractivity contribution in [3.05, 3.63) is 53.7 Å². The number of pyridine rings is 1. The van der Waals surface area contributed by atoms with Crippen LogP contribution in [0.15, 0.2) is 47.5 Å². The van der Waals surface area contributed by atoms with Crippen molar-refractivity contribution in [1.82, 2.24) is 9.29 Å². The van der Waals surface area contributed by atoms with Gasteiger partial charge in [0.1, 0.15) is 5.82 Å². The predicted molar refractivity (Wildman–Crippen MR) is 96.0 cm³/mol. The molecule has 27 heavy (non-hydrogen) atoms. The molecule has 0 spiro atoms. The van der Waals surface area contributed by atoms with Crippen molar-refractivity contribution in [1.29, 1.82) is 0 Å². The number of halogens is 3. The molecular formula is C18H20F3N3O2S. The number of aryl methyl sites for hydroxylation is 1. The van der Waals surface area contributed by atoms with E-state index in [2.05, 4.69) is 4.98 Å². The Hall–Kier alpha value is -2.13. The Morgan fingerprint density at radius 3 is 2.26 bits per heavy atom. The van der Waals surface area contributed by atoms with Gasteiger partial charge < -0.3 is 4.90 Å². The van der Waals surface area contributed by atoms with Gasteiger partial charge in [-0.2, -0.15) is 17.5 Å². The first-order valence-electron chi connectivity index (χ1n) is 8.53. The summed E-state index contributed by atoms with van der Waals surface area (Å²) in [6.07, 6.45) is -3.06. The van der Waals surface area contributed by atoms with Crippen molar-refractivity contribution in [3.63, 3.8) is 0 Å². The molecule has 0 atom stereocenters. The molecule has 1 aromatic carbocycles. The van der Waals surface area contributed by atoms with Crippen LogP contribution in [0.3, 0.4) is 0 Å². The highest BCUT2D eigenvalue weighted by atomic mass is 32.2. The van der Waals surface area contributed by atoms with Crippen LogP contribution in [0, 0.1) is 6.92 Å². The second kappa shape index (κ2) is 7.47. The lowest BCUT2D eigenvalue weighted by Gasteiger charge is -2.23. The number of sulfonamides is 1. The van der Waals surface area contributed by atoms with Gasteiger partial charge in [0.25, 0.3) is 0 Å². The molecule has 5 nitrogen and oxygen atoms in total. The summed E-state index contributed by atoms with van der Waals surface area (Å²) in [6, 6.07) is 9.00. The zero-order valence-electron chi connectivity index (χ0n) is 14.8. The molecule has 3 rings (SSSR count). The maximum absolute atomic E-state index is 12.8. The summed E-state index contributed by atoms with van der Waals surface area (Å²) in [6.45, 7) is 3.38. The van der Waals surface area contributed by atoms with E-state index in [1.165, 1.54) is 10.4 Å². The number of benzene rings is 1. The first-order chi connectivity index (χ1) is 12.7. The van der Waals surface area contributed by atoms with Gasteiger partial charge in [-0.15, -0.1) is 0 Å². The molecule has 0 radical (unpaired) electrons. The first-order valence-corrected chi connectivity index (χ1v) is 9.97. The van der Waals surface area contributed by atoms with Gasteiger partial charge in [-0.25, -0.2) is 13.4 Å². The Labute approximate surface area is 156 Å². The highest BCUT2D eigenvalue weighted by Gasteiger charge is 2.31. The van der Waals surface area contributed by atoms with Gasteiger partial charge in [0.2, 0.25) is 10.0 Å². The van der Waals surface area contributed by atoms with Crippen LogP contribution >= 0.6 is 0 Å². The van der Waals surface area contributed by atoms with Crippen LogP contribution in [0.1, 0.15) is 17.5 Å². The summed E-state index contributed by atoms with van der Waals surface area (Å²) in [4.78, 5) is 5.96. The summed E-state index contributed by atoms with van der Waals surface area (Å²) < 4.78 is 65.1. The molecular weight excluding hydrogens is 379 g/mol. The van der Waals surface area contributed by atoms with Crippen LogP contribution < -0.4 is 4.90 Å². The topological polar surface area (TPSA) is 53.5 Å². The molecule has 2 heterocycles. The van der Waals surface area contributed by atoms with Crippen LogP contribution in [-0.2, 0) is 16.2 Å². The van der Waals surface area contributed by atoms with E-state index in [1.54, 1.807) is 24.3 Å². The third kappa shape index (κ3) is 4.41. The number of nitrogens with zero attached hydrogens (tertiary/aromatic N) is 3. The second-order valence-corrected chi connectivity index (χ2v) is 8.40. The number of anilines is 1. The molecule has 0 aliphatic carbocycles. The van der Waals surface area contributed by atoms with Crippen molar-refractivity contribution in [2.75, 3.05) is 31.1 Å². The number of hydrogen-bond acceptors (Lipinski definition) is 4. The molecule has 0 saturated carbocycles. The number of rotatable bonds is 3. The summed E-state index contributed by atoms with van der Waals surface area (Å²) in [5.74, 6) is 0.414. The molecule has 1 fully saturated rings. The molecule has 1 aliphatic rings. The summed E-state index contributed by atoms with van der Waals surface area (Å²) in [5.41, 5.74) is 0.175. The molecule has 0 bridgehead atoms. The second-order valence-electron chi connectivity index (χ2n) is 6.46. The van der Waals surface area contributed by atoms with Crippen molar-refractivity contribution < 1.29 is 21.6 Å². The number of hydrogen-bond donors (Lipinski definition) is 0. The van der Waals surface area contributed by atoms with Crippen LogP contribution in [0.4, 0.5) is 19.0 Å². The Kier molecular flexibility index (Phi) is 5.43. The van der Waals surface area contributed by atoms with E-state index < -0.39 is 21.8 Å². The molecule has 2 aromatic rings. The summed E-state index contributed by atoms with van der Waals surface area (Å²) in [5, 5.41) is 0. The van der Waals surface area contributed by atoms with Gasteiger partial charge in [0, 0.05) is 32.4 Å². The minimum absolute atomic E-state index is 0.245. The standard InChI is InChI=1S/C18H20F3N3O2S/c1-14-3-6-16(7-4-14)27(25,26)24-10-2-9-23(11-12-24)17-8-5-15(13-22-17)18(19,20)21/h3-8,13H,2,9-12H2,1H3. The number of alkyl halides is 3. The fraction of sp³-hybridized carbons (Fsp3) is 0.389. The Morgan fingerprint density at radius 2 is 1.67 bits per heavy atom. The SMILES string of the molecule is Cc1ccc(S(=O)(=O)N2CCCN(c3ccc(C(F)(F)F)cn3)CC2)cc1. The van der Waals surface area contributed by atoms with Crippen LogP contribution in [0.25, 0.3) is 0 Å². The quantitative estimate of drug-likeness (QED) is 0.795. The maximum Gasteiger partial charge on any atom is 0.417 e. The Morgan fingerprint density at radius 1 is 0.963 bits per heavy atom. The van der Waals surface area contributed by atoms with Crippen LogP contribution in [-0.4, -0.2) is 43.9 Å². The zero-order valence-corrected chi connectivity index (χ0v) is 15.6. The Balaban J connectivity index is 1.73. The molecule has 0 amide bonds. The minimum atomic E-state index is -4.43. The lowest BCUT2D eigenvalue weighted by atomic mass is 10.2. The third-order valence-corrected chi connectivity index (χ3v) is 6.43. The molecule has 0 unspecified atom stereocenters. The van der Waals surface area contributed by atoms with Gasteiger partial charge in [-0.05, 0) is 37.6 Å². The van der Waals surface area contributed by atoms with Crippen LogP contribution in [0.2, 0.25) is 0 Å². The van der Waals surface area contributed by atoms with Gasteiger partial charge >= 0.3 is 6.18 Å². The van der Waals surface area contributed by atoms with Crippen molar-refractivity contribution in [2.24, 2.45) is 0 Å². The van der Waals surface area contributed by atoms with E-state index >= 15 is 0 Å². The van der Waals surface area contributed by atoms with E-state index in [9.17, 15) is 21.6 Å². The highest BCUT2D eigenvalue weighted by Crippen LogP contribution is 2.29. The normalized spacial score (nSPS) is 17.0. The van der Waals surface area contributed by atoms with Crippen molar-refractivity contribution >= 4 is 15.8 Å². The van der Waals surface area contributed by atoms with E-state index in [-0.39, 0.29) is 11.4 Å². The summed E-state index contributed by atoms with van der Waals surface area (Å²) in [7, 11) is -3.60. The highest BCUT2D eigenvalue weighted by molar-refractivity contribution is 7.89. The van der Waals surface area contributed by atoms with E-state index in [0.29, 0.717) is 31.9 Å². The van der Waals surface area contributed by atoms with Gasteiger partial charge in [0.15, 0.2) is 0 Å². The predicted octanol–water partition coefficient (Wildman–Crippen LogP) is 3.31. The van der Waals surface area contributed by atoms with Crippen molar-refractivity contribution in [3.8, 4) is 0 Å². The smallest absolute Gasteiger partial charge is 0.355 e. The fourth-order valence-corrected chi connectivity index (χ4v) is 4.43.